The lowest BCUT2D eigenvalue weighted by atomic mass is 9.78. The van der Waals surface area contributed by atoms with E-state index in [9.17, 15) is 9.59 Å². The number of amides is 2. The summed E-state index contributed by atoms with van der Waals surface area (Å²) in [7, 11) is 0. The van der Waals surface area contributed by atoms with Gasteiger partial charge in [0.05, 0.1) is 0 Å². The first-order valence-corrected chi connectivity index (χ1v) is 11.4. The quantitative estimate of drug-likeness (QED) is 0.724. The first kappa shape index (κ1) is 21.6. The molecule has 164 valence electrons. The van der Waals surface area contributed by atoms with Gasteiger partial charge >= 0.3 is 0 Å². The van der Waals surface area contributed by atoms with Gasteiger partial charge in [0.2, 0.25) is 11.8 Å². The third-order valence-corrected chi connectivity index (χ3v) is 6.71. The number of halogens is 1. The number of nitrogens with zero attached hydrogens (tertiary/aromatic N) is 3. The van der Waals surface area contributed by atoms with E-state index in [4.69, 9.17) is 11.6 Å². The van der Waals surface area contributed by atoms with Crippen molar-refractivity contribution in [2.24, 2.45) is 5.41 Å². The second kappa shape index (κ2) is 9.69. The number of rotatable bonds is 6. The van der Waals surface area contributed by atoms with Crippen molar-refractivity contribution < 1.29 is 9.59 Å². The van der Waals surface area contributed by atoms with E-state index in [2.05, 4.69) is 15.2 Å². The minimum atomic E-state index is -0.230. The van der Waals surface area contributed by atoms with E-state index < -0.39 is 0 Å². The lowest BCUT2D eigenvalue weighted by Gasteiger charge is -2.37. The van der Waals surface area contributed by atoms with Crippen molar-refractivity contribution in [2.75, 3.05) is 36.4 Å². The monoisotopic (exact) mass is 440 g/mol. The van der Waals surface area contributed by atoms with Crippen LogP contribution in [0.3, 0.4) is 0 Å². The maximum atomic E-state index is 13.1. The number of hydrogen-bond acceptors (Lipinski definition) is 4. The van der Waals surface area contributed by atoms with Gasteiger partial charge < -0.3 is 15.1 Å². The van der Waals surface area contributed by atoms with Crippen molar-refractivity contribution in [3.8, 4) is 0 Å². The molecule has 7 heteroatoms. The molecule has 1 N–H and O–H groups in total. The predicted octanol–water partition coefficient (Wildman–Crippen LogP) is 4.36. The van der Waals surface area contributed by atoms with Gasteiger partial charge in [-0.15, -0.1) is 0 Å². The van der Waals surface area contributed by atoms with Crippen molar-refractivity contribution in [1.29, 1.82) is 0 Å². The lowest BCUT2D eigenvalue weighted by Crippen LogP contribution is -2.50. The zero-order valence-electron chi connectivity index (χ0n) is 17.7. The molecule has 2 fully saturated rings. The number of pyridine rings is 1. The third-order valence-electron chi connectivity index (χ3n) is 6.46. The number of benzene rings is 1. The average Bonchev–Trinajstić information content (AvgIpc) is 3.23. The molecular formula is C24H29ClN4O2. The Morgan fingerprint density at radius 2 is 1.68 bits per heavy atom. The summed E-state index contributed by atoms with van der Waals surface area (Å²) in [6.07, 6.45) is 6.65. The molecule has 0 bridgehead atoms. The van der Waals surface area contributed by atoms with E-state index in [0.29, 0.717) is 31.0 Å². The predicted molar refractivity (Wildman–Crippen MR) is 123 cm³/mol. The van der Waals surface area contributed by atoms with Crippen LogP contribution in [0.4, 0.5) is 11.5 Å². The molecule has 1 saturated heterocycles. The summed E-state index contributed by atoms with van der Waals surface area (Å²) >= 11 is 5.92. The summed E-state index contributed by atoms with van der Waals surface area (Å²) in [5.74, 6) is 1.10. The fourth-order valence-electron chi connectivity index (χ4n) is 4.78. The van der Waals surface area contributed by atoms with Crippen LogP contribution in [0.5, 0.6) is 0 Å². The zero-order valence-corrected chi connectivity index (χ0v) is 18.5. The van der Waals surface area contributed by atoms with Gasteiger partial charge in [0.1, 0.15) is 5.82 Å². The fraction of sp³-hybridized carbons (Fsp3) is 0.458. The number of nitrogens with one attached hydrogen (secondary N) is 1. The number of aromatic nitrogens is 1. The van der Waals surface area contributed by atoms with Crippen LogP contribution in [0.25, 0.3) is 0 Å². The normalized spacial score (nSPS) is 18.1. The van der Waals surface area contributed by atoms with Gasteiger partial charge in [-0.25, -0.2) is 4.98 Å². The summed E-state index contributed by atoms with van der Waals surface area (Å²) in [6, 6.07) is 13.0. The Balaban J connectivity index is 1.32. The largest absolute Gasteiger partial charge is 0.353 e. The Kier molecular flexibility index (Phi) is 6.76. The molecule has 31 heavy (non-hydrogen) atoms. The minimum Gasteiger partial charge on any atom is -0.353 e. The third kappa shape index (κ3) is 5.56. The maximum Gasteiger partial charge on any atom is 0.224 e. The highest BCUT2D eigenvalue weighted by Crippen LogP contribution is 2.44. The standard InChI is InChI=1S/C24H29ClN4O2/c25-19-6-8-20(9-7-19)27-22(30)17-24(10-2-3-11-24)18-23(31)29-15-13-28(14-16-29)21-5-1-4-12-26-21/h1,4-9,12H,2-3,10-11,13-18H2,(H,27,30). The van der Waals surface area contributed by atoms with Gasteiger partial charge in [-0.2, -0.15) is 0 Å². The molecule has 1 aromatic carbocycles. The molecule has 0 spiro atoms. The molecule has 2 amide bonds. The Morgan fingerprint density at radius 3 is 2.32 bits per heavy atom. The van der Waals surface area contributed by atoms with Crippen molar-refractivity contribution in [1.82, 2.24) is 9.88 Å². The SMILES string of the molecule is O=C(CC1(CC(=O)N2CCN(c3ccccn3)CC2)CCCC1)Nc1ccc(Cl)cc1. The number of piperazine rings is 1. The van der Waals surface area contributed by atoms with Crippen molar-refractivity contribution in [2.45, 2.75) is 38.5 Å². The van der Waals surface area contributed by atoms with Crippen LogP contribution in [0.1, 0.15) is 38.5 Å². The molecule has 1 aliphatic carbocycles. The van der Waals surface area contributed by atoms with Gasteiger partial charge in [-0.05, 0) is 54.7 Å². The molecule has 1 saturated carbocycles. The van der Waals surface area contributed by atoms with E-state index in [1.807, 2.05) is 23.1 Å². The van der Waals surface area contributed by atoms with E-state index in [1.54, 1.807) is 30.5 Å². The summed E-state index contributed by atoms with van der Waals surface area (Å²) < 4.78 is 0. The first-order chi connectivity index (χ1) is 15.0. The summed E-state index contributed by atoms with van der Waals surface area (Å²) in [5.41, 5.74) is 0.505. The van der Waals surface area contributed by atoms with E-state index in [1.165, 1.54) is 0 Å². The van der Waals surface area contributed by atoms with Gasteiger partial charge in [-0.1, -0.05) is 30.5 Å². The topological polar surface area (TPSA) is 65.5 Å². The second-order valence-corrected chi connectivity index (χ2v) is 9.11. The van der Waals surface area contributed by atoms with E-state index >= 15 is 0 Å². The fourth-order valence-corrected chi connectivity index (χ4v) is 4.90. The lowest BCUT2D eigenvalue weighted by molar-refractivity contribution is -0.134. The Bertz CT molecular complexity index is 890. The van der Waals surface area contributed by atoms with Gasteiger partial charge in [0.15, 0.2) is 0 Å². The number of carbonyl (C=O) groups is 2. The number of hydrogen-bond donors (Lipinski definition) is 1. The number of anilines is 2. The Labute approximate surface area is 188 Å². The van der Waals surface area contributed by atoms with Gasteiger partial charge in [0, 0.05) is 55.9 Å². The van der Waals surface area contributed by atoms with Crippen LogP contribution in [0.2, 0.25) is 5.02 Å². The molecular weight excluding hydrogens is 412 g/mol. The van der Waals surface area contributed by atoms with Crippen molar-refractivity contribution in [3.63, 3.8) is 0 Å². The molecule has 4 rings (SSSR count). The maximum absolute atomic E-state index is 13.1. The van der Waals surface area contributed by atoms with Gasteiger partial charge in [0.25, 0.3) is 0 Å². The van der Waals surface area contributed by atoms with E-state index in [0.717, 1.165) is 50.3 Å². The number of carbonyl (C=O) groups excluding carboxylic acids is 2. The van der Waals surface area contributed by atoms with Crippen molar-refractivity contribution >= 4 is 34.9 Å². The highest BCUT2D eigenvalue weighted by molar-refractivity contribution is 6.30. The zero-order chi connectivity index (χ0) is 21.7. The molecule has 2 heterocycles. The first-order valence-electron chi connectivity index (χ1n) is 11.0. The Morgan fingerprint density at radius 1 is 0.968 bits per heavy atom. The van der Waals surface area contributed by atoms with Gasteiger partial charge in [-0.3, -0.25) is 9.59 Å². The van der Waals surface area contributed by atoms with Crippen LogP contribution < -0.4 is 10.2 Å². The molecule has 2 aromatic rings. The molecule has 1 aliphatic heterocycles. The van der Waals surface area contributed by atoms with Crippen LogP contribution in [0.15, 0.2) is 48.7 Å². The Hall–Kier alpha value is -2.60. The molecule has 1 aromatic heterocycles. The second-order valence-electron chi connectivity index (χ2n) is 8.67. The molecule has 0 radical (unpaired) electrons. The molecule has 2 aliphatic rings. The average molecular weight is 441 g/mol. The van der Waals surface area contributed by atoms with E-state index in [-0.39, 0.29) is 17.2 Å². The minimum absolute atomic E-state index is 0.0306. The molecule has 6 nitrogen and oxygen atoms in total. The van der Waals surface area contributed by atoms with Crippen molar-refractivity contribution in [3.05, 3.63) is 53.7 Å². The smallest absolute Gasteiger partial charge is 0.224 e. The molecule has 0 atom stereocenters. The highest BCUT2D eigenvalue weighted by atomic mass is 35.5. The van der Waals surface area contributed by atoms with Crippen LogP contribution in [0, 0.1) is 5.41 Å². The summed E-state index contributed by atoms with van der Waals surface area (Å²) in [4.78, 5) is 34.4. The van der Waals surface area contributed by atoms with Crippen LogP contribution >= 0.6 is 11.6 Å². The summed E-state index contributed by atoms with van der Waals surface area (Å²) in [5, 5.41) is 3.60. The molecule has 0 unspecified atom stereocenters. The van der Waals surface area contributed by atoms with Crippen LogP contribution in [-0.4, -0.2) is 47.9 Å². The highest BCUT2D eigenvalue weighted by Gasteiger charge is 2.39. The summed E-state index contributed by atoms with van der Waals surface area (Å²) in [6.45, 7) is 2.96. The van der Waals surface area contributed by atoms with Crippen LogP contribution in [-0.2, 0) is 9.59 Å².